The molecular formula is C10H16N2O. The number of amides is 1. The van der Waals surface area contributed by atoms with E-state index in [2.05, 4.69) is 5.32 Å². The number of rotatable bonds is 5. The highest BCUT2D eigenvalue weighted by Gasteiger charge is 1.98. The van der Waals surface area contributed by atoms with Gasteiger partial charge in [-0.05, 0) is 18.6 Å². The second-order valence-electron chi connectivity index (χ2n) is 3.02. The topological polar surface area (TPSA) is 34.0 Å². The molecule has 13 heavy (non-hydrogen) atoms. The molecule has 3 heteroatoms. The van der Waals surface area contributed by atoms with Crippen molar-refractivity contribution in [2.45, 2.75) is 26.3 Å². The molecule has 0 radical (unpaired) electrons. The van der Waals surface area contributed by atoms with Crippen molar-refractivity contribution in [1.82, 2.24) is 9.88 Å². The van der Waals surface area contributed by atoms with Crippen molar-refractivity contribution in [2.75, 3.05) is 6.54 Å². The van der Waals surface area contributed by atoms with E-state index in [4.69, 9.17) is 0 Å². The van der Waals surface area contributed by atoms with Gasteiger partial charge >= 0.3 is 0 Å². The van der Waals surface area contributed by atoms with E-state index < -0.39 is 0 Å². The molecule has 0 bridgehead atoms. The summed E-state index contributed by atoms with van der Waals surface area (Å²) in [6, 6.07) is 3.92. The highest BCUT2D eigenvalue weighted by molar-refractivity contribution is 5.75. The normalized spacial score (nSPS) is 9.92. The average molecular weight is 180 g/mol. The van der Waals surface area contributed by atoms with E-state index in [9.17, 15) is 4.79 Å². The van der Waals surface area contributed by atoms with E-state index >= 15 is 0 Å². The lowest BCUT2D eigenvalue weighted by atomic mass is 10.4. The molecule has 0 aliphatic heterocycles. The van der Waals surface area contributed by atoms with E-state index in [-0.39, 0.29) is 5.91 Å². The van der Waals surface area contributed by atoms with Gasteiger partial charge in [0.1, 0.15) is 0 Å². The van der Waals surface area contributed by atoms with E-state index in [1.54, 1.807) is 0 Å². The summed E-state index contributed by atoms with van der Waals surface area (Å²) in [6.07, 6.45) is 5.49. The Morgan fingerprint density at radius 2 is 2.08 bits per heavy atom. The molecular weight excluding hydrogens is 164 g/mol. The van der Waals surface area contributed by atoms with Gasteiger partial charge in [0.15, 0.2) is 0 Å². The molecule has 3 nitrogen and oxygen atoms in total. The lowest BCUT2D eigenvalue weighted by Gasteiger charge is -2.03. The summed E-state index contributed by atoms with van der Waals surface area (Å²) in [4.78, 5) is 11.2. The standard InChI is InChI=1S/C10H16N2O/c1-2-6-11-10(13)5-9-12-7-3-4-8-12/h3-4,7-8H,2,5-6,9H2,1H3,(H,11,13). The Balaban J connectivity index is 2.15. The van der Waals surface area contributed by atoms with Crippen LogP contribution in [0.4, 0.5) is 0 Å². The van der Waals surface area contributed by atoms with Crippen molar-refractivity contribution < 1.29 is 4.79 Å². The molecule has 1 N–H and O–H groups in total. The number of nitrogens with one attached hydrogen (secondary N) is 1. The fraction of sp³-hybridized carbons (Fsp3) is 0.500. The van der Waals surface area contributed by atoms with Crippen molar-refractivity contribution in [1.29, 1.82) is 0 Å². The molecule has 0 fully saturated rings. The third-order valence-electron chi connectivity index (χ3n) is 1.84. The molecule has 0 aromatic carbocycles. The van der Waals surface area contributed by atoms with Gasteiger partial charge in [0, 0.05) is 31.9 Å². The van der Waals surface area contributed by atoms with E-state index in [1.807, 2.05) is 36.0 Å². The molecule has 1 rings (SSSR count). The van der Waals surface area contributed by atoms with Gasteiger partial charge in [-0.3, -0.25) is 4.79 Å². The van der Waals surface area contributed by atoms with E-state index in [0.717, 1.165) is 19.5 Å². The SMILES string of the molecule is CCCNC(=O)CCn1cccc1. The summed E-state index contributed by atoms with van der Waals surface area (Å²) in [6.45, 7) is 3.60. The number of carbonyl (C=O) groups is 1. The summed E-state index contributed by atoms with van der Waals surface area (Å²) in [5.41, 5.74) is 0. The molecule has 0 unspecified atom stereocenters. The van der Waals surface area contributed by atoms with Crippen LogP contribution in [0.15, 0.2) is 24.5 Å². The van der Waals surface area contributed by atoms with E-state index in [1.165, 1.54) is 0 Å². The van der Waals surface area contributed by atoms with Crippen molar-refractivity contribution in [3.8, 4) is 0 Å². The Morgan fingerprint density at radius 1 is 1.38 bits per heavy atom. The van der Waals surface area contributed by atoms with Gasteiger partial charge in [-0.1, -0.05) is 6.92 Å². The molecule has 0 saturated heterocycles. The minimum atomic E-state index is 0.135. The lowest BCUT2D eigenvalue weighted by molar-refractivity contribution is -0.121. The molecule has 0 aliphatic carbocycles. The number of hydrogen-bond acceptors (Lipinski definition) is 1. The average Bonchev–Trinajstić information content (AvgIpc) is 2.64. The van der Waals surface area contributed by atoms with Gasteiger partial charge in [0.2, 0.25) is 5.91 Å². The zero-order valence-corrected chi connectivity index (χ0v) is 7.99. The second kappa shape index (κ2) is 5.41. The summed E-state index contributed by atoms with van der Waals surface area (Å²) < 4.78 is 2.01. The zero-order chi connectivity index (χ0) is 9.52. The fourth-order valence-electron chi connectivity index (χ4n) is 1.10. The molecule has 1 heterocycles. The predicted octanol–water partition coefficient (Wildman–Crippen LogP) is 1.40. The molecule has 1 aromatic heterocycles. The highest BCUT2D eigenvalue weighted by atomic mass is 16.1. The van der Waals surface area contributed by atoms with Crippen molar-refractivity contribution in [3.05, 3.63) is 24.5 Å². The first-order valence-corrected chi connectivity index (χ1v) is 4.70. The van der Waals surface area contributed by atoms with Crippen LogP contribution in [0.2, 0.25) is 0 Å². The summed E-state index contributed by atoms with van der Waals surface area (Å²) in [7, 11) is 0. The Hall–Kier alpha value is -1.25. The van der Waals surface area contributed by atoms with Gasteiger partial charge in [0.25, 0.3) is 0 Å². The maximum Gasteiger partial charge on any atom is 0.221 e. The number of aromatic nitrogens is 1. The molecule has 0 spiro atoms. The van der Waals surface area contributed by atoms with Crippen LogP contribution in [-0.2, 0) is 11.3 Å². The fourth-order valence-corrected chi connectivity index (χ4v) is 1.10. The number of nitrogens with zero attached hydrogens (tertiary/aromatic N) is 1. The minimum absolute atomic E-state index is 0.135. The smallest absolute Gasteiger partial charge is 0.221 e. The number of aryl methyl sites for hydroxylation is 1. The maximum atomic E-state index is 11.2. The molecule has 1 amide bonds. The van der Waals surface area contributed by atoms with Crippen LogP contribution in [0, 0.1) is 0 Å². The van der Waals surface area contributed by atoms with Gasteiger partial charge in [-0.15, -0.1) is 0 Å². The van der Waals surface area contributed by atoms with Crippen molar-refractivity contribution >= 4 is 5.91 Å². The van der Waals surface area contributed by atoms with Crippen LogP contribution >= 0.6 is 0 Å². The summed E-state index contributed by atoms with van der Waals surface area (Å²) in [5.74, 6) is 0.135. The molecule has 0 atom stereocenters. The minimum Gasteiger partial charge on any atom is -0.356 e. The Bertz CT molecular complexity index is 241. The first-order valence-electron chi connectivity index (χ1n) is 4.70. The van der Waals surface area contributed by atoms with Crippen molar-refractivity contribution in [2.24, 2.45) is 0 Å². The maximum absolute atomic E-state index is 11.2. The third kappa shape index (κ3) is 3.78. The predicted molar refractivity (Wildman–Crippen MR) is 52.3 cm³/mol. The molecule has 0 aliphatic rings. The van der Waals surface area contributed by atoms with E-state index in [0.29, 0.717) is 6.42 Å². The second-order valence-corrected chi connectivity index (χ2v) is 3.02. The largest absolute Gasteiger partial charge is 0.356 e. The van der Waals surface area contributed by atoms with Gasteiger partial charge in [-0.2, -0.15) is 0 Å². The highest BCUT2D eigenvalue weighted by Crippen LogP contribution is 1.92. The van der Waals surface area contributed by atoms with Crippen molar-refractivity contribution in [3.63, 3.8) is 0 Å². The first-order chi connectivity index (χ1) is 6.33. The van der Waals surface area contributed by atoms with Gasteiger partial charge < -0.3 is 9.88 Å². The molecule has 0 saturated carbocycles. The van der Waals surface area contributed by atoms with Crippen LogP contribution < -0.4 is 5.32 Å². The molecule has 1 aromatic rings. The quantitative estimate of drug-likeness (QED) is 0.730. The van der Waals surface area contributed by atoms with Gasteiger partial charge in [-0.25, -0.2) is 0 Å². The monoisotopic (exact) mass is 180 g/mol. The Kier molecular flexibility index (Phi) is 4.09. The van der Waals surface area contributed by atoms with Gasteiger partial charge in [0.05, 0.1) is 0 Å². The Morgan fingerprint density at radius 3 is 2.69 bits per heavy atom. The van der Waals surface area contributed by atoms with Crippen LogP contribution in [0.25, 0.3) is 0 Å². The van der Waals surface area contributed by atoms with Crippen LogP contribution in [0.5, 0.6) is 0 Å². The lowest BCUT2D eigenvalue weighted by Crippen LogP contribution is -2.24. The Labute approximate surface area is 78.8 Å². The number of carbonyl (C=O) groups excluding carboxylic acids is 1. The van der Waals surface area contributed by atoms with Crippen LogP contribution in [-0.4, -0.2) is 17.0 Å². The van der Waals surface area contributed by atoms with Crippen LogP contribution in [0.1, 0.15) is 19.8 Å². The molecule has 72 valence electrons. The zero-order valence-electron chi connectivity index (χ0n) is 7.99. The third-order valence-corrected chi connectivity index (χ3v) is 1.84. The summed E-state index contributed by atoms with van der Waals surface area (Å²) >= 11 is 0. The number of hydrogen-bond donors (Lipinski definition) is 1. The van der Waals surface area contributed by atoms with Crippen LogP contribution in [0.3, 0.4) is 0 Å². The summed E-state index contributed by atoms with van der Waals surface area (Å²) in [5, 5.41) is 2.84. The first kappa shape index (κ1) is 9.84.